The Morgan fingerprint density at radius 2 is 2.09 bits per heavy atom. The molecule has 2 fully saturated rings. The van der Waals surface area contributed by atoms with Gasteiger partial charge in [-0.1, -0.05) is 12.5 Å². The fourth-order valence-electron chi connectivity index (χ4n) is 5.23. The molecule has 1 saturated heterocycles. The van der Waals surface area contributed by atoms with Crippen molar-refractivity contribution in [2.45, 2.75) is 38.8 Å². The number of pyridine rings is 2. The number of likely N-dealkylation sites (tertiary alicyclic amines) is 1. The van der Waals surface area contributed by atoms with Gasteiger partial charge >= 0.3 is 0 Å². The SMILES string of the molecule is O=C(NCc1cc2[nH]c(CN3CCC4(CCC4)C3)cc2cn1)c1cc(=O)n2ccccc2n1. The number of hydrogen-bond acceptors (Lipinski definition) is 5. The third-order valence-corrected chi connectivity index (χ3v) is 7.18. The van der Waals surface area contributed by atoms with E-state index in [9.17, 15) is 9.59 Å². The highest BCUT2D eigenvalue weighted by atomic mass is 16.2. The Balaban J connectivity index is 1.13. The lowest BCUT2D eigenvalue weighted by Crippen LogP contribution is -2.32. The molecule has 2 N–H and O–H groups in total. The topological polar surface area (TPSA) is 95.4 Å². The van der Waals surface area contributed by atoms with Crippen molar-refractivity contribution in [2.75, 3.05) is 13.1 Å². The molecule has 0 bridgehead atoms. The third kappa shape index (κ3) is 3.80. The maximum atomic E-state index is 12.6. The van der Waals surface area contributed by atoms with E-state index < -0.39 is 5.91 Å². The van der Waals surface area contributed by atoms with Gasteiger partial charge in [0.25, 0.3) is 11.5 Å². The number of nitrogens with one attached hydrogen (secondary N) is 2. The highest BCUT2D eigenvalue weighted by Crippen LogP contribution is 2.48. The fraction of sp³-hybridized carbons (Fsp3) is 0.360. The van der Waals surface area contributed by atoms with Crippen LogP contribution in [0.5, 0.6) is 0 Å². The van der Waals surface area contributed by atoms with E-state index in [0.717, 1.165) is 23.1 Å². The minimum atomic E-state index is -0.397. The van der Waals surface area contributed by atoms with Crippen LogP contribution in [0.15, 0.2) is 53.6 Å². The van der Waals surface area contributed by atoms with Crippen molar-refractivity contribution in [1.29, 1.82) is 0 Å². The van der Waals surface area contributed by atoms with Crippen molar-refractivity contribution >= 4 is 22.5 Å². The Morgan fingerprint density at radius 1 is 1.18 bits per heavy atom. The molecule has 168 valence electrons. The van der Waals surface area contributed by atoms with Crippen LogP contribution in [0.3, 0.4) is 0 Å². The summed E-state index contributed by atoms with van der Waals surface area (Å²) in [5.74, 6) is -0.397. The molecule has 1 aliphatic heterocycles. The maximum absolute atomic E-state index is 12.6. The van der Waals surface area contributed by atoms with Gasteiger partial charge in [-0.2, -0.15) is 0 Å². The van der Waals surface area contributed by atoms with Gasteiger partial charge in [0.15, 0.2) is 0 Å². The zero-order valence-electron chi connectivity index (χ0n) is 18.4. The molecule has 0 unspecified atom stereocenters. The number of rotatable bonds is 5. The van der Waals surface area contributed by atoms with Gasteiger partial charge in [0.2, 0.25) is 0 Å². The van der Waals surface area contributed by atoms with Crippen LogP contribution >= 0.6 is 0 Å². The van der Waals surface area contributed by atoms with Crippen molar-refractivity contribution in [3.05, 3.63) is 76.2 Å². The van der Waals surface area contributed by atoms with Crippen molar-refractivity contribution in [3.63, 3.8) is 0 Å². The van der Waals surface area contributed by atoms with E-state index in [1.54, 1.807) is 24.4 Å². The predicted octanol–water partition coefficient (Wildman–Crippen LogP) is 2.88. The van der Waals surface area contributed by atoms with Gasteiger partial charge in [-0.05, 0) is 55.5 Å². The van der Waals surface area contributed by atoms with E-state index in [2.05, 4.69) is 31.2 Å². The Kier molecular flexibility index (Phi) is 4.76. The first-order valence-corrected chi connectivity index (χ1v) is 11.5. The van der Waals surface area contributed by atoms with E-state index in [1.165, 1.54) is 54.9 Å². The van der Waals surface area contributed by atoms with Crippen LogP contribution in [0.25, 0.3) is 16.6 Å². The highest BCUT2D eigenvalue weighted by molar-refractivity contribution is 5.92. The minimum Gasteiger partial charge on any atom is -0.357 e. The van der Waals surface area contributed by atoms with Crippen LogP contribution in [0.2, 0.25) is 0 Å². The lowest BCUT2D eigenvalue weighted by molar-refractivity contribution is 0.0945. The first kappa shape index (κ1) is 20.1. The second kappa shape index (κ2) is 7.81. The molecule has 4 aromatic heterocycles. The minimum absolute atomic E-state index is 0.101. The average Bonchev–Trinajstić information content (AvgIpc) is 3.41. The summed E-state index contributed by atoms with van der Waals surface area (Å²) in [4.78, 5) is 39.7. The number of hydrogen-bond donors (Lipinski definition) is 2. The number of nitrogens with zero attached hydrogens (tertiary/aromatic N) is 4. The molecule has 33 heavy (non-hydrogen) atoms. The number of aromatic amines is 1. The number of carbonyl (C=O) groups is 1. The molecule has 8 heteroatoms. The Morgan fingerprint density at radius 3 is 2.91 bits per heavy atom. The normalized spacial score (nSPS) is 17.6. The van der Waals surface area contributed by atoms with Gasteiger partial charge in [0, 0.05) is 48.1 Å². The smallest absolute Gasteiger partial charge is 0.270 e. The molecule has 6 rings (SSSR count). The van der Waals surface area contributed by atoms with E-state index in [1.807, 2.05) is 12.3 Å². The molecule has 4 aromatic rings. The summed E-state index contributed by atoms with van der Waals surface area (Å²) in [6.07, 6.45) is 8.97. The Labute approximate surface area is 190 Å². The van der Waals surface area contributed by atoms with E-state index in [-0.39, 0.29) is 17.8 Å². The maximum Gasteiger partial charge on any atom is 0.270 e. The third-order valence-electron chi connectivity index (χ3n) is 7.18. The average molecular weight is 443 g/mol. The number of carbonyl (C=O) groups excluding carboxylic acids is 1. The van der Waals surface area contributed by atoms with Gasteiger partial charge in [-0.25, -0.2) is 4.98 Å². The summed E-state index contributed by atoms with van der Waals surface area (Å²) in [6, 6.07) is 10.6. The molecule has 2 aliphatic rings. The van der Waals surface area contributed by atoms with Gasteiger partial charge in [-0.3, -0.25) is 23.9 Å². The largest absolute Gasteiger partial charge is 0.357 e. The molecule has 1 aliphatic carbocycles. The second-order valence-electron chi connectivity index (χ2n) is 9.46. The fourth-order valence-corrected chi connectivity index (χ4v) is 5.23. The highest BCUT2D eigenvalue weighted by Gasteiger charge is 2.42. The van der Waals surface area contributed by atoms with Crippen molar-refractivity contribution in [3.8, 4) is 0 Å². The molecule has 0 aromatic carbocycles. The zero-order valence-corrected chi connectivity index (χ0v) is 18.4. The van der Waals surface area contributed by atoms with Gasteiger partial charge in [0.05, 0.1) is 12.2 Å². The number of fused-ring (bicyclic) bond motifs is 2. The lowest BCUT2D eigenvalue weighted by Gasteiger charge is -2.38. The summed E-state index contributed by atoms with van der Waals surface area (Å²) < 4.78 is 1.41. The number of aromatic nitrogens is 4. The zero-order chi connectivity index (χ0) is 22.4. The first-order valence-electron chi connectivity index (χ1n) is 11.5. The Bertz CT molecular complexity index is 1420. The summed E-state index contributed by atoms with van der Waals surface area (Å²) in [7, 11) is 0. The standard InChI is InChI=1S/C25H26N6O2/c32-23-12-21(29-22-4-1-2-8-31(22)23)24(33)27-14-18-11-20-17(13-26-18)10-19(28-20)15-30-9-7-25(16-30)5-3-6-25/h1-2,4,8,10-13,28H,3,5-7,9,14-16H2,(H,27,33). The van der Waals surface area contributed by atoms with E-state index in [0.29, 0.717) is 11.1 Å². The summed E-state index contributed by atoms with van der Waals surface area (Å²) in [5.41, 5.74) is 3.82. The van der Waals surface area contributed by atoms with Crippen LogP contribution in [0.1, 0.15) is 47.6 Å². The number of amides is 1. The molecule has 5 heterocycles. The number of H-pyrrole nitrogens is 1. The molecular formula is C25H26N6O2. The summed E-state index contributed by atoms with van der Waals surface area (Å²) in [6.45, 7) is 3.58. The molecule has 0 atom stereocenters. The van der Waals surface area contributed by atoms with Crippen LogP contribution in [0.4, 0.5) is 0 Å². The first-order chi connectivity index (χ1) is 16.1. The predicted molar refractivity (Wildman–Crippen MR) is 125 cm³/mol. The van der Waals surface area contributed by atoms with Gasteiger partial charge in [-0.15, -0.1) is 0 Å². The van der Waals surface area contributed by atoms with E-state index in [4.69, 9.17) is 0 Å². The molecule has 1 spiro atoms. The van der Waals surface area contributed by atoms with Crippen molar-refractivity contribution in [1.82, 2.24) is 29.6 Å². The van der Waals surface area contributed by atoms with Crippen molar-refractivity contribution < 1.29 is 4.79 Å². The monoisotopic (exact) mass is 442 g/mol. The molecule has 0 radical (unpaired) electrons. The van der Waals surface area contributed by atoms with E-state index >= 15 is 0 Å². The van der Waals surface area contributed by atoms with Gasteiger partial charge < -0.3 is 10.3 Å². The quantitative estimate of drug-likeness (QED) is 0.496. The summed E-state index contributed by atoms with van der Waals surface area (Å²) >= 11 is 0. The molecule has 8 nitrogen and oxygen atoms in total. The van der Waals surface area contributed by atoms with Crippen LogP contribution in [-0.2, 0) is 13.1 Å². The molecular weight excluding hydrogens is 416 g/mol. The van der Waals surface area contributed by atoms with Crippen LogP contribution in [0, 0.1) is 5.41 Å². The molecule has 1 amide bonds. The second-order valence-corrected chi connectivity index (χ2v) is 9.46. The van der Waals surface area contributed by atoms with Crippen LogP contribution < -0.4 is 10.9 Å². The summed E-state index contributed by atoms with van der Waals surface area (Å²) in [5, 5.41) is 3.90. The molecule has 1 saturated carbocycles. The van der Waals surface area contributed by atoms with Gasteiger partial charge in [0.1, 0.15) is 11.3 Å². The van der Waals surface area contributed by atoms with Crippen LogP contribution in [-0.4, -0.2) is 43.2 Å². The lowest BCUT2D eigenvalue weighted by atomic mass is 9.68. The Hall–Kier alpha value is -3.52. The van der Waals surface area contributed by atoms with Crippen molar-refractivity contribution in [2.24, 2.45) is 5.41 Å².